The van der Waals surface area contributed by atoms with Gasteiger partial charge in [0.1, 0.15) is 0 Å². The molecule has 1 aromatic carbocycles. The van der Waals surface area contributed by atoms with E-state index in [-0.39, 0.29) is 10.3 Å². The topological polar surface area (TPSA) is 58.5 Å². The SMILES string of the molecule is CC(C)(C)c1ccc(S(=O)(=O)N/N=C2\CC3C=CCC23)cc1. The van der Waals surface area contributed by atoms with E-state index in [1.165, 1.54) is 0 Å². The molecule has 0 aromatic heterocycles. The number of nitrogens with zero attached hydrogens (tertiary/aromatic N) is 1. The second-order valence-corrected chi connectivity index (χ2v) is 8.77. The predicted octanol–water partition coefficient (Wildman–Crippen LogP) is 3.21. The van der Waals surface area contributed by atoms with Gasteiger partial charge in [-0.15, -0.1) is 0 Å². The van der Waals surface area contributed by atoms with Crippen molar-refractivity contribution >= 4 is 15.7 Å². The molecule has 0 aliphatic heterocycles. The molecule has 2 atom stereocenters. The number of hydrogen-bond acceptors (Lipinski definition) is 3. The molecule has 0 radical (unpaired) electrons. The molecule has 2 aliphatic rings. The molecule has 5 heteroatoms. The van der Waals surface area contributed by atoms with E-state index in [1.54, 1.807) is 12.1 Å². The van der Waals surface area contributed by atoms with Crippen molar-refractivity contribution in [2.24, 2.45) is 16.9 Å². The van der Waals surface area contributed by atoms with Gasteiger partial charge in [0.25, 0.3) is 10.0 Å². The molecule has 1 N–H and O–H groups in total. The summed E-state index contributed by atoms with van der Waals surface area (Å²) in [5.41, 5.74) is 2.08. The minimum atomic E-state index is -3.58. The van der Waals surface area contributed by atoms with Crippen LogP contribution in [0.4, 0.5) is 0 Å². The first-order chi connectivity index (χ1) is 10.3. The average Bonchev–Trinajstić information content (AvgIpc) is 2.79. The zero-order valence-electron chi connectivity index (χ0n) is 13.2. The fourth-order valence-electron chi connectivity index (χ4n) is 2.97. The Hall–Kier alpha value is -1.62. The average molecular weight is 318 g/mol. The Morgan fingerprint density at radius 2 is 1.86 bits per heavy atom. The van der Waals surface area contributed by atoms with Gasteiger partial charge in [-0.3, -0.25) is 0 Å². The number of fused-ring (bicyclic) bond motifs is 1. The van der Waals surface area contributed by atoms with Crippen LogP contribution in [-0.4, -0.2) is 14.1 Å². The standard InChI is InChI=1S/C17H22N2O2S/c1-17(2,3)13-7-9-14(10-8-13)22(20,21)19-18-16-11-12-5-4-6-15(12)16/h4-5,7-10,12,15,19H,6,11H2,1-3H3/b18-16+. The van der Waals surface area contributed by atoms with E-state index in [4.69, 9.17) is 0 Å². The number of rotatable bonds is 3. The lowest BCUT2D eigenvalue weighted by Crippen LogP contribution is -2.35. The molecule has 0 bridgehead atoms. The Morgan fingerprint density at radius 1 is 1.18 bits per heavy atom. The number of hydrogen-bond donors (Lipinski definition) is 1. The highest BCUT2D eigenvalue weighted by molar-refractivity contribution is 7.89. The summed E-state index contributed by atoms with van der Waals surface area (Å²) in [5.74, 6) is 0.972. The summed E-state index contributed by atoms with van der Waals surface area (Å²) in [4.78, 5) is 2.64. The molecule has 22 heavy (non-hydrogen) atoms. The molecule has 4 nitrogen and oxygen atoms in total. The highest BCUT2D eigenvalue weighted by Gasteiger charge is 2.38. The molecular formula is C17H22N2O2S. The molecule has 118 valence electrons. The molecule has 2 unspecified atom stereocenters. The first kappa shape index (κ1) is 15.3. The van der Waals surface area contributed by atoms with Crippen LogP contribution >= 0.6 is 0 Å². The quantitative estimate of drug-likeness (QED) is 0.687. The van der Waals surface area contributed by atoms with Crippen LogP contribution in [0.2, 0.25) is 0 Å². The second kappa shape index (κ2) is 5.23. The van der Waals surface area contributed by atoms with Crippen molar-refractivity contribution in [1.82, 2.24) is 4.83 Å². The molecule has 0 heterocycles. The molecule has 0 spiro atoms. The Kier molecular flexibility index (Phi) is 3.63. The van der Waals surface area contributed by atoms with Crippen molar-refractivity contribution in [3.63, 3.8) is 0 Å². The van der Waals surface area contributed by atoms with E-state index in [2.05, 4.69) is 42.9 Å². The molecule has 3 rings (SSSR count). The Balaban J connectivity index is 1.72. The summed E-state index contributed by atoms with van der Waals surface area (Å²) < 4.78 is 24.6. The van der Waals surface area contributed by atoms with Crippen LogP contribution in [-0.2, 0) is 15.4 Å². The van der Waals surface area contributed by atoms with E-state index in [0.717, 1.165) is 24.1 Å². The van der Waals surface area contributed by atoms with Crippen LogP contribution in [0.5, 0.6) is 0 Å². The molecule has 0 saturated heterocycles. The Morgan fingerprint density at radius 3 is 2.45 bits per heavy atom. The van der Waals surface area contributed by atoms with Gasteiger partial charge < -0.3 is 0 Å². The highest BCUT2D eigenvalue weighted by Crippen LogP contribution is 2.40. The van der Waals surface area contributed by atoms with E-state index < -0.39 is 10.0 Å². The first-order valence-corrected chi connectivity index (χ1v) is 9.11. The Labute approximate surface area is 132 Å². The minimum Gasteiger partial charge on any atom is -0.200 e. The van der Waals surface area contributed by atoms with Crippen molar-refractivity contribution < 1.29 is 8.42 Å². The minimum absolute atomic E-state index is 0.00631. The number of sulfonamides is 1. The third-order valence-electron chi connectivity index (χ3n) is 4.50. The number of allylic oxidation sites excluding steroid dienone is 2. The molecule has 1 aromatic rings. The molecule has 1 fully saturated rings. The summed E-state index contributed by atoms with van der Waals surface area (Å²) in [7, 11) is -3.58. The van der Waals surface area contributed by atoms with Crippen LogP contribution in [0.25, 0.3) is 0 Å². The van der Waals surface area contributed by atoms with Crippen LogP contribution in [0.1, 0.15) is 39.2 Å². The fourth-order valence-corrected chi connectivity index (χ4v) is 3.81. The summed E-state index contributed by atoms with van der Waals surface area (Å²) in [6, 6.07) is 7.01. The van der Waals surface area contributed by atoms with Crippen LogP contribution in [0, 0.1) is 11.8 Å². The summed E-state index contributed by atoms with van der Waals surface area (Å²) in [6.07, 6.45) is 6.19. The number of benzene rings is 1. The van der Waals surface area contributed by atoms with Crippen molar-refractivity contribution in [1.29, 1.82) is 0 Å². The molecule has 0 amide bonds. The molecule has 2 aliphatic carbocycles. The van der Waals surface area contributed by atoms with Crippen molar-refractivity contribution in [2.75, 3.05) is 0 Å². The lowest BCUT2D eigenvalue weighted by atomic mass is 9.74. The maximum Gasteiger partial charge on any atom is 0.276 e. The number of hydrazone groups is 1. The maximum absolute atomic E-state index is 12.3. The zero-order valence-corrected chi connectivity index (χ0v) is 14.0. The van der Waals surface area contributed by atoms with Gasteiger partial charge in [-0.2, -0.15) is 13.5 Å². The van der Waals surface area contributed by atoms with E-state index in [1.807, 2.05) is 12.1 Å². The lowest BCUT2D eigenvalue weighted by molar-refractivity contribution is 0.463. The zero-order chi connectivity index (χ0) is 16.0. The highest BCUT2D eigenvalue weighted by atomic mass is 32.2. The van der Waals surface area contributed by atoms with E-state index in [0.29, 0.717) is 11.8 Å². The van der Waals surface area contributed by atoms with E-state index >= 15 is 0 Å². The fraction of sp³-hybridized carbons (Fsp3) is 0.471. The van der Waals surface area contributed by atoms with E-state index in [9.17, 15) is 8.42 Å². The van der Waals surface area contributed by atoms with Gasteiger partial charge in [-0.1, -0.05) is 45.1 Å². The normalized spacial score (nSPS) is 25.9. The van der Waals surface area contributed by atoms with Gasteiger partial charge in [-0.05, 0) is 41.9 Å². The van der Waals surface area contributed by atoms with Gasteiger partial charge in [0.2, 0.25) is 0 Å². The van der Waals surface area contributed by atoms with Crippen molar-refractivity contribution in [3.8, 4) is 0 Å². The third-order valence-corrected chi connectivity index (χ3v) is 5.73. The summed E-state index contributed by atoms with van der Waals surface area (Å²) >= 11 is 0. The monoisotopic (exact) mass is 318 g/mol. The summed E-state index contributed by atoms with van der Waals surface area (Å²) in [6.45, 7) is 6.30. The van der Waals surface area contributed by atoms with Gasteiger partial charge in [0.15, 0.2) is 0 Å². The Bertz CT molecular complexity index is 725. The predicted molar refractivity (Wildman–Crippen MR) is 88.3 cm³/mol. The van der Waals surface area contributed by atoms with Crippen molar-refractivity contribution in [3.05, 3.63) is 42.0 Å². The van der Waals surface area contributed by atoms with Gasteiger partial charge in [-0.25, -0.2) is 4.83 Å². The molecular weight excluding hydrogens is 296 g/mol. The van der Waals surface area contributed by atoms with Gasteiger partial charge >= 0.3 is 0 Å². The third kappa shape index (κ3) is 2.82. The van der Waals surface area contributed by atoms with Gasteiger partial charge in [0.05, 0.1) is 4.90 Å². The van der Waals surface area contributed by atoms with Gasteiger partial charge in [0, 0.05) is 11.6 Å². The van der Waals surface area contributed by atoms with Crippen LogP contribution < -0.4 is 4.83 Å². The smallest absolute Gasteiger partial charge is 0.200 e. The summed E-state index contributed by atoms with van der Waals surface area (Å²) in [5, 5.41) is 4.13. The second-order valence-electron chi connectivity index (χ2n) is 7.11. The largest absolute Gasteiger partial charge is 0.276 e. The lowest BCUT2D eigenvalue weighted by Gasteiger charge is -2.31. The maximum atomic E-state index is 12.3. The molecule has 1 saturated carbocycles. The number of nitrogens with one attached hydrogen (secondary N) is 1. The van der Waals surface area contributed by atoms with Crippen LogP contribution in [0.3, 0.4) is 0 Å². The van der Waals surface area contributed by atoms with Crippen molar-refractivity contribution in [2.45, 2.75) is 43.9 Å². The first-order valence-electron chi connectivity index (χ1n) is 7.63. The van der Waals surface area contributed by atoms with Crippen LogP contribution in [0.15, 0.2) is 46.4 Å².